The molecule has 0 bridgehead atoms. The number of nitrogens with zero attached hydrogens (tertiary/aromatic N) is 4. The lowest BCUT2D eigenvalue weighted by Crippen LogP contribution is -2.43. The second-order valence-corrected chi connectivity index (χ2v) is 9.61. The standard InChI is InChI=1S/C20H23N5O4S/c1-14-16(20(27)24-7-9-30(28,29)10-8-24)11-25-18(14)19(21-13-22-25)23-17(12-26)15-5-3-2-4-6-15/h2-6,11,13,17,26H,7-10,12H2,1H3,(H,21,22,23). The van der Waals surface area contributed by atoms with E-state index < -0.39 is 9.84 Å². The molecule has 2 N–H and O–H groups in total. The summed E-state index contributed by atoms with van der Waals surface area (Å²) in [5, 5.41) is 17.3. The fourth-order valence-corrected chi connectivity index (χ4v) is 4.85. The summed E-state index contributed by atoms with van der Waals surface area (Å²) in [5.41, 5.74) is 2.70. The van der Waals surface area contributed by atoms with Crippen molar-refractivity contribution in [1.82, 2.24) is 19.5 Å². The maximum Gasteiger partial charge on any atom is 0.255 e. The molecular formula is C20H23N5O4S. The maximum absolute atomic E-state index is 13.0. The molecule has 2 aromatic heterocycles. The molecule has 30 heavy (non-hydrogen) atoms. The van der Waals surface area contributed by atoms with Crippen molar-refractivity contribution in [3.8, 4) is 0 Å². The van der Waals surface area contributed by atoms with Gasteiger partial charge in [0.2, 0.25) is 0 Å². The predicted octanol–water partition coefficient (Wildman–Crippen LogP) is 1.05. The van der Waals surface area contributed by atoms with E-state index in [1.807, 2.05) is 37.3 Å². The van der Waals surface area contributed by atoms with Gasteiger partial charge in [-0.1, -0.05) is 30.3 Å². The molecule has 1 saturated heterocycles. The lowest BCUT2D eigenvalue weighted by Gasteiger charge is -2.26. The summed E-state index contributed by atoms with van der Waals surface area (Å²) in [7, 11) is -3.07. The average molecular weight is 430 g/mol. The van der Waals surface area contributed by atoms with Crippen molar-refractivity contribution in [3.63, 3.8) is 0 Å². The highest BCUT2D eigenvalue weighted by Crippen LogP contribution is 2.27. The van der Waals surface area contributed by atoms with Crippen molar-refractivity contribution in [2.75, 3.05) is 36.5 Å². The van der Waals surface area contributed by atoms with Crippen LogP contribution in [-0.2, 0) is 9.84 Å². The number of hydrogen-bond acceptors (Lipinski definition) is 7. The Kier molecular flexibility index (Phi) is 5.44. The normalized spacial score (nSPS) is 17.1. The maximum atomic E-state index is 13.0. The fraction of sp³-hybridized carbons (Fsp3) is 0.350. The van der Waals surface area contributed by atoms with Crippen molar-refractivity contribution in [3.05, 3.63) is 59.5 Å². The number of aromatic nitrogens is 3. The molecule has 3 aromatic rings. The number of nitrogens with one attached hydrogen (secondary N) is 1. The monoisotopic (exact) mass is 429 g/mol. The van der Waals surface area contributed by atoms with Gasteiger partial charge >= 0.3 is 0 Å². The molecule has 1 aliphatic rings. The van der Waals surface area contributed by atoms with E-state index in [0.29, 0.717) is 22.5 Å². The van der Waals surface area contributed by atoms with Crippen LogP contribution in [-0.4, -0.2) is 70.1 Å². The Morgan fingerprint density at radius 1 is 1.23 bits per heavy atom. The van der Waals surface area contributed by atoms with Crippen LogP contribution in [0.3, 0.4) is 0 Å². The van der Waals surface area contributed by atoms with Crippen LogP contribution >= 0.6 is 0 Å². The summed E-state index contributed by atoms with van der Waals surface area (Å²) in [6, 6.07) is 9.15. The highest BCUT2D eigenvalue weighted by atomic mass is 32.2. The van der Waals surface area contributed by atoms with E-state index in [4.69, 9.17) is 0 Å². The highest BCUT2D eigenvalue weighted by molar-refractivity contribution is 7.91. The molecule has 1 unspecified atom stereocenters. The minimum Gasteiger partial charge on any atom is -0.394 e. The number of anilines is 1. The predicted molar refractivity (Wildman–Crippen MR) is 112 cm³/mol. The third kappa shape index (κ3) is 3.88. The second-order valence-electron chi connectivity index (χ2n) is 7.30. The zero-order valence-electron chi connectivity index (χ0n) is 16.5. The number of hydrogen-bond donors (Lipinski definition) is 2. The van der Waals surface area contributed by atoms with Gasteiger partial charge in [-0.3, -0.25) is 4.79 Å². The molecule has 158 valence electrons. The lowest BCUT2D eigenvalue weighted by molar-refractivity contribution is 0.0769. The number of carbonyl (C=O) groups is 1. The number of aryl methyl sites for hydroxylation is 1. The molecule has 4 rings (SSSR count). The summed E-state index contributed by atoms with van der Waals surface area (Å²) in [6.07, 6.45) is 3.02. The van der Waals surface area contributed by atoms with Crippen LogP contribution in [0.15, 0.2) is 42.9 Å². The smallest absolute Gasteiger partial charge is 0.255 e. The van der Waals surface area contributed by atoms with Gasteiger partial charge in [-0.05, 0) is 18.1 Å². The molecule has 9 nitrogen and oxygen atoms in total. The lowest BCUT2D eigenvalue weighted by atomic mass is 10.1. The van der Waals surface area contributed by atoms with Crippen molar-refractivity contribution in [1.29, 1.82) is 0 Å². The van der Waals surface area contributed by atoms with E-state index in [1.165, 1.54) is 6.33 Å². The molecule has 1 fully saturated rings. The average Bonchev–Trinajstić information content (AvgIpc) is 3.09. The van der Waals surface area contributed by atoms with Gasteiger partial charge in [-0.25, -0.2) is 17.9 Å². The van der Waals surface area contributed by atoms with Crippen LogP contribution in [0.2, 0.25) is 0 Å². The molecule has 0 spiro atoms. The Morgan fingerprint density at radius 2 is 1.93 bits per heavy atom. The first-order chi connectivity index (χ1) is 14.4. The van der Waals surface area contributed by atoms with Crippen molar-refractivity contribution < 1.29 is 18.3 Å². The van der Waals surface area contributed by atoms with Gasteiger partial charge in [0.15, 0.2) is 15.7 Å². The van der Waals surface area contributed by atoms with E-state index in [1.54, 1.807) is 15.6 Å². The van der Waals surface area contributed by atoms with Gasteiger partial charge in [0.1, 0.15) is 11.8 Å². The van der Waals surface area contributed by atoms with E-state index in [2.05, 4.69) is 15.4 Å². The molecule has 1 atom stereocenters. The second kappa shape index (κ2) is 8.04. The van der Waals surface area contributed by atoms with Crippen molar-refractivity contribution in [2.24, 2.45) is 0 Å². The summed E-state index contributed by atoms with van der Waals surface area (Å²) in [5.74, 6) is 0.242. The number of fused-ring (bicyclic) bond motifs is 1. The van der Waals surface area contributed by atoms with Crippen LogP contribution in [0, 0.1) is 6.92 Å². The van der Waals surface area contributed by atoms with Crippen molar-refractivity contribution >= 4 is 27.1 Å². The highest BCUT2D eigenvalue weighted by Gasteiger charge is 2.28. The third-order valence-corrected chi connectivity index (χ3v) is 6.99. The SMILES string of the molecule is Cc1c(C(=O)N2CCS(=O)(=O)CC2)cn2ncnc(NC(CO)c3ccccc3)c12. The van der Waals surface area contributed by atoms with Gasteiger partial charge in [-0.2, -0.15) is 5.10 Å². The number of sulfone groups is 1. The summed E-state index contributed by atoms with van der Waals surface area (Å²) < 4.78 is 24.9. The van der Waals surface area contributed by atoms with E-state index in [9.17, 15) is 18.3 Å². The minimum atomic E-state index is -3.07. The largest absolute Gasteiger partial charge is 0.394 e. The number of carbonyl (C=O) groups excluding carboxylic acids is 1. The number of rotatable bonds is 5. The Morgan fingerprint density at radius 3 is 2.60 bits per heavy atom. The van der Waals surface area contributed by atoms with Crippen LogP contribution in [0.1, 0.15) is 27.5 Å². The summed E-state index contributed by atoms with van der Waals surface area (Å²) >= 11 is 0. The first kappa shape index (κ1) is 20.3. The molecule has 0 aliphatic carbocycles. The molecule has 10 heteroatoms. The van der Waals surface area contributed by atoms with Crippen LogP contribution in [0.4, 0.5) is 5.82 Å². The van der Waals surface area contributed by atoms with Crippen molar-refractivity contribution in [2.45, 2.75) is 13.0 Å². The van der Waals surface area contributed by atoms with Gasteiger partial charge in [0.25, 0.3) is 5.91 Å². The Bertz CT molecular complexity index is 1160. The number of aliphatic hydroxyl groups is 1. The zero-order valence-corrected chi connectivity index (χ0v) is 17.3. The number of amides is 1. The zero-order chi connectivity index (χ0) is 21.3. The molecule has 1 amide bonds. The molecule has 0 radical (unpaired) electrons. The summed E-state index contributed by atoms with van der Waals surface area (Å²) in [6.45, 7) is 2.05. The van der Waals surface area contributed by atoms with E-state index in [0.717, 1.165) is 5.56 Å². The van der Waals surface area contributed by atoms with Gasteiger partial charge in [-0.15, -0.1) is 0 Å². The van der Waals surface area contributed by atoms with E-state index >= 15 is 0 Å². The quantitative estimate of drug-likeness (QED) is 0.623. The summed E-state index contributed by atoms with van der Waals surface area (Å²) in [4.78, 5) is 18.9. The van der Waals surface area contributed by atoms with Gasteiger partial charge < -0.3 is 15.3 Å². The molecular weight excluding hydrogens is 406 g/mol. The Labute approximate surface area is 174 Å². The fourth-order valence-electron chi connectivity index (χ4n) is 3.65. The van der Waals surface area contributed by atoms with Gasteiger partial charge in [0.05, 0.1) is 29.7 Å². The third-order valence-electron chi connectivity index (χ3n) is 5.38. The molecule has 0 saturated carbocycles. The Balaban J connectivity index is 1.65. The van der Waals surface area contributed by atoms with Gasteiger partial charge in [0, 0.05) is 19.3 Å². The molecule has 3 heterocycles. The number of aliphatic hydroxyl groups excluding tert-OH is 1. The minimum absolute atomic E-state index is 0.0208. The number of benzene rings is 1. The van der Waals surface area contributed by atoms with Crippen LogP contribution in [0.25, 0.3) is 5.52 Å². The van der Waals surface area contributed by atoms with Crippen LogP contribution < -0.4 is 5.32 Å². The molecule has 1 aliphatic heterocycles. The van der Waals surface area contributed by atoms with Crippen LogP contribution in [0.5, 0.6) is 0 Å². The first-order valence-corrected chi connectivity index (χ1v) is 11.5. The first-order valence-electron chi connectivity index (χ1n) is 9.64. The molecule has 1 aromatic carbocycles. The Hall–Kier alpha value is -2.98. The van der Waals surface area contributed by atoms with E-state index in [-0.39, 0.29) is 43.2 Å². The topological polar surface area (TPSA) is 117 Å².